The number of nitrogens with one attached hydrogen (secondary N) is 1. The molecule has 1 aromatic carbocycles. The molecular weight excluding hydrogens is 256 g/mol. The summed E-state index contributed by atoms with van der Waals surface area (Å²) >= 11 is 0. The van der Waals surface area contributed by atoms with Crippen molar-refractivity contribution in [2.24, 2.45) is 0 Å². The quantitative estimate of drug-likeness (QED) is 0.814. The van der Waals surface area contributed by atoms with Gasteiger partial charge in [0.15, 0.2) is 0 Å². The van der Waals surface area contributed by atoms with Crippen LogP contribution in [-0.4, -0.2) is 27.9 Å². The van der Waals surface area contributed by atoms with Gasteiger partial charge in [-0.25, -0.2) is 0 Å². The van der Waals surface area contributed by atoms with E-state index < -0.39 is 12.0 Å². The average Bonchev–Trinajstić information content (AvgIpc) is 2.47. The van der Waals surface area contributed by atoms with E-state index in [0.29, 0.717) is 11.3 Å². The van der Waals surface area contributed by atoms with E-state index in [1.807, 2.05) is 6.07 Å². The lowest BCUT2D eigenvalue weighted by Gasteiger charge is -2.11. The highest BCUT2D eigenvalue weighted by molar-refractivity contribution is 6.08. The molecule has 0 aliphatic heterocycles. The first kappa shape index (κ1) is 13.7. The second kappa shape index (κ2) is 5.97. The third-order valence-corrected chi connectivity index (χ3v) is 2.78. The van der Waals surface area contributed by atoms with Crippen molar-refractivity contribution in [3.05, 3.63) is 59.9 Å². The van der Waals surface area contributed by atoms with Crippen molar-refractivity contribution in [2.45, 2.75) is 13.0 Å². The highest BCUT2D eigenvalue weighted by Gasteiger charge is 2.13. The number of rotatable bonds is 5. The molecule has 1 heterocycles. The molecule has 20 heavy (non-hydrogen) atoms. The van der Waals surface area contributed by atoms with Crippen molar-refractivity contribution >= 4 is 17.4 Å². The van der Waals surface area contributed by atoms with Gasteiger partial charge in [0, 0.05) is 17.4 Å². The molecular formula is C15H14N2O3. The van der Waals surface area contributed by atoms with Crippen molar-refractivity contribution < 1.29 is 14.7 Å². The van der Waals surface area contributed by atoms with Crippen LogP contribution in [-0.2, 0) is 4.79 Å². The Morgan fingerprint density at radius 2 is 1.90 bits per heavy atom. The normalized spacial score (nSPS) is 11.7. The number of anilines is 1. The summed E-state index contributed by atoms with van der Waals surface area (Å²) in [6.45, 7) is 1.53. The molecule has 1 aromatic heterocycles. The first-order valence-electron chi connectivity index (χ1n) is 6.13. The minimum atomic E-state index is -0.960. The Balaban J connectivity index is 2.22. The topological polar surface area (TPSA) is 79.3 Å². The number of carboxylic acid groups (broad SMARTS) is 1. The number of carbonyl (C=O) groups is 2. The van der Waals surface area contributed by atoms with E-state index in [0.717, 1.165) is 0 Å². The summed E-state index contributed by atoms with van der Waals surface area (Å²) in [5.41, 5.74) is 1.37. The number of hydrogen-bond donors (Lipinski definition) is 2. The lowest BCUT2D eigenvalue weighted by Crippen LogP contribution is -2.25. The van der Waals surface area contributed by atoms with Crippen molar-refractivity contribution in [2.75, 3.05) is 5.32 Å². The molecule has 0 aliphatic carbocycles. The van der Waals surface area contributed by atoms with Crippen LogP contribution in [0.5, 0.6) is 0 Å². The van der Waals surface area contributed by atoms with Crippen LogP contribution < -0.4 is 5.32 Å². The standard InChI is InChI=1S/C15H14N2O3/c1-10(15(19)20)17-12-7-8-16-13(9-12)14(18)11-5-3-2-4-6-11/h2-10H,1H3,(H,16,17)(H,19,20). The molecule has 0 saturated carbocycles. The highest BCUT2D eigenvalue weighted by atomic mass is 16.4. The number of carbonyl (C=O) groups excluding carboxylic acids is 1. The maximum Gasteiger partial charge on any atom is 0.325 e. The summed E-state index contributed by atoms with van der Waals surface area (Å²) in [5, 5.41) is 11.7. The SMILES string of the molecule is CC(Nc1ccnc(C(=O)c2ccccc2)c1)C(=O)O. The molecule has 0 spiro atoms. The Bertz CT molecular complexity index is 626. The number of nitrogens with zero attached hydrogens (tertiary/aromatic N) is 1. The summed E-state index contributed by atoms with van der Waals surface area (Å²) in [4.78, 5) is 27.0. The van der Waals surface area contributed by atoms with E-state index in [1.54, 1.807) is 36.4 Å². The number of benzene rings is 1. The van der Waals surface area contributed by atoms with Gasteiger partial charge in [0.1, 0.15) is 11.7 Å². The Morgan fingerprint density at radius 1 is 1.20 bits per heavy atom. The monoisotopic (exact) mass is 270 g/mol. The van der Waals surface area contributed by atoms with Gasteiger partial charge in [0.25, 0.3) is 0 Å². The van der Waals surface area contributed by atoms with Crippen LogP contribution in [0.2, 0.25) is 0 Å². The second-order valence-electron chi connectivity index (χ2n) is 4.33. The lowest BCUT2D eigenvalue weighted by molar-refractivity contribution is -0.137. The molecule has 2 aromatic rings. The van der Waals surface area contributed by atoms with Gasteiger partial charge in [-0.1, -0.05) is 30.3 Å². The number of pyridine rings is 1. The van der Waals surface area contributed by atoms with Gasteiger partial charge in [-0.05, 0) is 19.1 Å². The van der Waals surface area contributed by atoms with Crippen LogP contribution in [0.15, 0.2) is 48.7 Å². The fourth-order valence-electron chi connectivity index (χ4n) is 1.69. The van der Waals surface area contributed by atoms with E-state index in [2.05, 4.69) is 10.3 Å². The first-order valence-corrected chi connectivity index (χ1v) is 6.13. The van der Waals surface area contributed by atoms with E-state index in [1.165, 1.54) is 13.1 Å². The zero-order valence-corrected chi connectivity index (χ0v) is 10.9. The molecule has 5 heteroatoms. The van der Waals surface area contributed by atoms with Gasteiger partial charge >= 0.3 is 5.97 Å². The molecule has 0 saturated heterocycles. The van der Waals surface area contributed by atoms with E-state index in [-0.39, 0.29) is 11.5 Å². The van der Waals surface area contributed by atoms with Gasteiger partial charge in [-0.15, -0.1) is 0 Å². The zero-order chi connectivity index (χ0) is 14.5. The van der Waals surface area contributed by atoms with Crippen LogP contribution in [0.25, 0.3) is 0 Å². The number of ketones is 1. The van der Waals surface area contributed by atoms with Crippen LogP contribution in [0.4, 0.5) is 5.69 Å². The Kier molecular flexibility index (Phi) is 4.10. The Labute approximate surface area is 116 Å². The summed E-state index contributed by atoms with van der Waals surface area (Å²) in [7, 11) is 0. The second-order valence-corrected chi connectivity index (χ2v) is 4.33. The summed E-state index contributed by atoms with van der Waals surface area (Å²) in [6, 6.07) is 11.3. The predicted octanol–water partition coefficient (Wildman–Crippen LogP) is 2.20. The third-order valence-electron chi connectivity index (χ3n) is 2.78. The summed E-state index contributed by atoms with van der Waals surface area (Å²) in [6.07, 6.45) is 1.48. The lowest BCUT2D eigenvalue weighted by atomic mass is 10.1. The molecule has 2 rings (SSSR count). The van der Waals surface area contributed by atoms with Crippen molar-refractivity contribution in [3.8, 4) is 0 Å². The van der Waals surface area contributed by atoms with Crippen LogP contribution in [0.3, 0.4) is 0 Å². The number of aromatic nitrogens is 1. The minimum absolute atomic E-state index is 0.197. The van der Waals surface area contributed by atoms with Crippen molar-refractivity contribution in [1.29, 1.82) is 0 Å². The molecule has 1 atom stereocenters. The van der Waals surface area contributed by atoms with Gasteiger partial charge in [-0.2, -0.15) is 0 Å². The van der Waals surface area contributed by atoms with Crippen LogP contribution in [0, 0.1) is 0 Å². The minimum Gasteiger partial charge on any atom is -0.480 e. The predicted molar refractivity (Wildman–Crippen MR) is 74.8 cm³/mol. The molecule has 0 radical (unpaired) electrons. The van der Waals surface area contributed by atoms with Crippen LogP contribution >= 0.6 is 0 Å². The van der Waals surface area contributed by atoms with Gasteiger partial charge in [-0.3, -0.25) is 14.6 Å². The molecule has 0 fully saturated rings. The van der Waals surface area contributed by atoms with Gasteiger partial charge in [0.05, 0.1) is 0 Å². The molecule has 102 valence electrons. The first-order chi connectivity index (χ1) is 9.58. The molecule has 0 aliphatic rings. The van der Waals surface area contributed by atoms with Crippen LogP contribution in [0.1, 0.15) is 23.0 Å². The Morgan fingerprint density at radius 3 is 2.55 bits per heavy atom. The fourth-order valence-corrected chi connectivity index (χ4v) is 1.69. The Hall–Kier alpha value is -2.69. The highest BCUT2D eigenvalue weighted by Crippen LogP contribution is 2.13. The summed E-state index contributed by atoms with van der Waals surface area (Å²) < 4.78 is 0. The molecule has 0 bridgehead atoms. The number of aliphatic carboxylic acids is 1. The van der Waals surface area contributed by atoms with Crippen molar-refractivity contribution in [1.82, 2.24) is 4.98 Å². The van der Waals surface area contributed by atoms with Gasteiger partial charge in [0.2, 0.25) is 5.78 Å². The van der Waals surface area contributed by atoms with E-state index in [4.69, 9.17) is 5.11 Å². The van der Waals surface area contributed by atoms with E-state index >= 15 is 0 Å². The largest absolute Gasteiger partial charge is 0.480 e. The fraction of sp³-hybridized carbons (Fsp3) is 0.133. The molecule has 2 N–H and O–H groups in total. The molecule has 1 unspecified atom stereocenters. The maximum absolute atomic E-state index is 12.2. The summed E-state index contributed by atoms with van der Waals surface area (Å²) in [5.74, 6) is -1.16. The molecule has 0 amide bonds. The zero-order valence-electron chi connectivity index (χ0n) is 10.9. The maximum atomic E-state index is 12.2. The average molecular weight is 270 g/mol. The smallest absolute Gasteiger partial charge is 0.325 e. The van der Waals surface area contributed by atoms with Crippen molar-refractivity contribution in [3.63, 3.8) is 0 Å². The third kappa shape index (κ3) is 3.20. The van der Waals surface area contributed by atoms with E-state index in [9.17, 15) is 9.59 Å². The molecule has 5 nitrogen and oxygen atoms in total. The van der Waals surface area contributed by atoms with Gasteiger partial charge < -0.3 is 10.4 Å². The number of hydrogen-bond acceptors (Lipinski definition) is 4. The number of carboxylic acids is 1.